The van der Waals surface area contributed by atoms with E-state index in [4.69, 9.17) is 16.3 Å². The Morgan fingerprint density at radius 3 is 2.89 bits per heavy atom. The third-order valence-electron chi connectivity index (χ3n) is 2.57. The Hall–Kier alpha value is -1.07. The molecule has 18 heavy (non-hydrogen) atoms. The quantitative estimate of drug-likeness (QED) is 0.809. The minimum Gasteiger partial charge on any atom is -0.461 e. The summed E-state index contributed by atoms with van der Waals surface area (Å²) in [6.07, 6.45) is 2.50. The number of rotatable bonds is 3. The number of hydrogen-bond donors (Lipinski definition) is 0. The van der Waals surface area contributed by atoms with Crippen LogP contribution in [0, 0.1) is 0 Å². The number of pyridine rings is 1. The molecule has 2 rings (SSSR count). The minimum absolute atomic E-state index is 0.334. The van der Waals surface area contributed by atoms with Gasteiger partial charge in [-0.2, -0.15) is 0 Å². The van der Waals surface area contributed by atoms with Gasteiger partial charge in [0, 0.05) is 12.3 Å². The number of imidazole rings is 1. The second-order valence-corrected chi connectivity index (χ2v) is 4.94. The molecule has 0 spiro atoms. The number of ether oxygens (including phenoxy) is 1. The molecule has 6 heteroatoms. The van der Waals surface area contributed by atoms with E-state index >= 15 is 0 Å². The van der Waals surface area contributed by atoms with E-state index in [0.717, 1.165) is 10.2 Å². The molecule has 0 fully saturated rings. The van der Waals surface area contributed by atoms with Crippen molar-refractivity contribution in [2.24, 2.45) is 0 Å². The van der Waals surface area contributed by atoms with Crippen LogP contribution in [-0.2, 0) is 11.2 Å². The van der Waals surface area contributed by atoms with E-state index in [1.54, 1.807) is 13.0 Å². The third-order valence-corrected chi connectivity index (χ3v) is 3.74. The molecule has 0 N–H and O–H groups in total. The first-order valence-corrected chi connectivity index (χ1v) is 6.78. The predicted molar refractivity (Wildman–Crippen MR) is 73.2 cm³/mol. The maximum atomic E-state index is 11.8. The summed E-state index contributed by atoms with van der Waals surface area (Å²) < 4.78 is 7.61. The van der Waals surface area contributed by atoms with Gasteiger partial charge < -0.3 is 9.14 Å². The molecule has 0 aliphatic carbocycles. The van der Waals surface area contributed by atoms with Crippen molar-refractivity contribution < 1.29 is 9.53 Å². The summed E-state index contributed by atoms with van der Waals surface area (Å²) in [7, 11) is 0. The molecule has 0 aromatic carbocycles. The smallest absolute Gasteiger partial charge is 0.358 e. The molecule has 0 unspecified atom stereocenters. The molecule has 2 aromatic rings. The molecule has 0 aliphatic heterocycles. The molecule has 2 heterocycles. The van der Waals surface area contributed by atoms with Gasteiger partial charge in [-0.15, -0.1) is 0 Å². The molecule has 0 amide bonds. The van der Waals surface area contributed by atoms with Gasteiger partial charge in [-0.25, -0.2) is 9.78 Å². The number of aryl methyl sites for hydroxylation is 1. The summed E-state index contributed by atoms with van der Waals surface area (Å²) in [5.74, 6) is -0.398. The predicted octanol–water partition coefficient (Wildman–Crippen LogP) is 3.49. The Kier molecular flexibility index (Phi) is 3.92. The fraction of sp³-hybridized carbons (Fsp3) is 0.333. The largest absolute Gasteiger partial charge is 0.461 e. The number of fused-ring (bicyclic) bond motifs is 1. The highest BCUT2D eigenvalue weighted by Crippen LogP contribution is 2.25. The van der Waals surface area contributed by atoms with Crippen molar-refractivity contribution in [3.8, 4) is 0 Å². The number of carbonyl (C=O) groups is 1. The number of carbonyl (C=O) groups excluding carboxylic acids is 1. The molecular formula is C12H12BrClN2O2. The molecule has 2 aromatic heterocycles. The van der Waals surface area contributed by atoms with Crippen molar-refractivity contribution in [3.05, 3.63) is 33.1 Å². The van der Waals surface area contributed by atoms with E-state index in [9.17, 15) is 4.79 Å². The van der Waals surface area contributed by atoms with Crippen LogP contribution in [-0.4, -0.2) is 22.0 Å². The maximum absolute atomic E-state index is 11.8. The van der Waals surface area contributed by atoms with Gasteiger partial charge in [0.25, 0.3) is 0 Å². The van der Waals surface area contributed by atoms with Crippen LogP contribution in [0.5, 0.6) is 0 Å². The Bertz CT molecular complexity index is 610. The SMILES string of the molecule is CCOC(=O)c1nc2cc(Cl)c(Br)cn2c1CC. The van der Waals surface area contributed by atoms with Crippen LogP contribution in [0.3, 0.4) is 0 Å². The third kappa shape index (κ3) is 2.24. The van der Waals surface area contributed by atoms with Gasteiger partial charge in [-0.1, -0.05) is 18.5 Å². The van der Waals surface area contributed by atoms with Crippen LogP contribution in [0.4, 0.5) is 0 Å². The standard InChI is InChI=1S/C12H12BrClN2O2/c1-3-9-11(12(17)18-4-2)15-10-5-8(14)7(13)6-16(9)10/h5-6H,3-4H2,1-2H3. The molecule has 0 saturated heterocycles. The lowest BCUT2D eigenvalue weighted by Crippen LogP contribution is -2.08. The molecule has 0 bridgehead atoms. The summed E-state index contributed by atoms with van der Waals surface area (Å²) in [6, 6.07) is 1.72. The Morgan fingerprint density at radius 2 is 2.28 bits per heavy atom. The summed E-state index contributed by atoms with van der Waals surface area (Å²) in [5, 5.41) is 0.561. The molecule has 96 valence electrons. The summed E-state index contributed by atoms with van der Waals surface area (Å²) in [4.78, 5) is 16.1. The average Bonchev–Trinajstić information content (AvgIpc) is 2.68. The lowest BCUT2D eigenvalue weighted by atomic mass is 10.2. The Balaban J connectivity index is 2.64. The van der Waals surface area contributed by atoms with Gasteiger partial charge in [-0.3, -0.25) is 0 Å². The van der Waals surface area contributed by atoms with Crippen LogP contribution < -0.4 is 0 Å². The van der Waals surface area contributed by atoms with Crippen molar-refractivity contribution in [1.82, 2.24) is 9.38 Å². The van der Waals surface area contributed by atoms with E-state index in [-0.39, 0.29) is 0 Å². The topological polar surface area (TPSA) is 43.6 Å². The van der Waals surface area contributed by atoms with E-state index in [1.807, 2.05) is 17.5 Å². The molecule has 0 aliphatic rings. The van der Waals surface area contributed by atoms with Gasteiger partial charge in [-0.05, 0) is 29.3 Å². The second kappa shape index (κ2) is 5.28. The molecule has 0 saturated carbocycles. The highest BCUT2D eigenvalue weighted by atomic mass is 79.9. The average molecular weight is 332 g/mol. The first kappa shape index (κ1) is 13.4. The van der Waals surface area contributed by atoms with Crippen molar-refractivity contribution in [2.75, 3.05) is 6.61 Å². The zero-order valence-electron chi connectivity index (χ0n) is 10.0. The van der Waals surface area contributed by atoms with Crippen LogP contribution >= 0.6 is 27.5 Å². The lowest BCUT2D eigenvalue weighted by molar-refractivity contribution is 0.0519. The first-order chi connectivity index (χ1) is 8.58. The molecular weight excluding hydrogens is 320 g/mol. The number of hydrogen-bond acceptors (Lipinski definition) is 3. The van der Waals surface area contributed by atoms with Crippen LogP contribution in [0.1, 0.15) is 30.0 Å². The normalized spacial score (nSPS) is 10.9. The number of esters is 1. The zero-order chi connectivity index (χ0) is 13.3. The second-order valence-electron chi connectivity index (χ2n) is 3.68. The summed E-state index contributed by atoms with van der Waals surface area (Å²) in [6.45, 7) is 4.07. The Morgan fingerprint density at radius 1 is 1.56 bits per heavy atom. The number of nitrogens with zero attached hydrogens (tertiary/aromatic N) is 2. The highest BCUT2D eigenvalue weighted by Gasteiger charge is 2.19. The van der Waals surface area contributed by atoms with Crippen LogP contribution in [0.2, 0.25) is 5.02 Å². The van der Waals surface area contributed by atoms with Gasteiger partial charge in [0.05, 0.1) is 21.8 Å². The zero-order valence-corrected chi connectivity index (χ0v) is 12.4. The van der Waals surface area contributed by atoms with Gasteiger partial charge in [0.15, 0.2) is 5.69 Å². The van der Waals surface area contributed by atoms with Crippen LogP contribution in [0.15, 0.2) is 16.7 Å². The van der Waals surface area contributed by atoms with Crippen molar-refractivity contribution >= 4 is 39.1 Å². The maximum Gasteiger partial charge on any atom is 0.358 e. The number of halogens is 2. The first-order valence-electron chi connectivity index (χ1n) is 5.61. The monoisotopic (exact) mass is 330 g/mol. The van der Waals surface area contributed by atoms with E-state index in [1.165, 1.54) is 0 Å². The van der Waals surface area contributed by atoms with E-state index in [2.05, 4.69) is 20.9 Å². The fourth-order valence-corrected chi connectivity index (χ4v) is 2.25. The molecule has 0 atom stereocenters. The molecule has 4 nitrogen and oxygen atoms in total. The Labute approximate surface area is 118 Å². The number of aromatic nitrogens is 2. The van der Waals surface area contributed by atoms with Crippen molar-refractivity contribution in [2.45, 2.75) is 20.3 Å². The van der Waals surface area contributed by atoms with Crippen LogP contribution in [0.25, 0.3) is 5.65 Å². The highest BCUT2D eigenvalue weighted by molar-refractivity contribution is 9.10. The lowest BCUT2D eigenvalue weighted by Gasteiger charge is -2.03. The fourth-order valence-electron chi connectivity index (χ4n) is 1.79. The van der Waals surface area contributed by atoms with Gasteiger partial charge >= 0.3 is 5.97 Å². The molecule has 0 radical (unpaired) electrons. The van der Waals surface area contributed by atoms with E-state index < -0.39 is 5.97 Å². The summed E-state index contributed by atoms with van der Waals surface area (Å²) in [5.41, 5.74) is 1.82. The summed E-state index contributed by atoms with van der Waals surface area (Å²) >= 11 is 9.38. The minimum atomic E-state index is -0.398. The van der Waals surface area contributed by atoms with Crippen molar-refractivity contribution in [1.29, 1.82) is 0 Å². The van der Waals surface area contributed by atoms with E-state index in [0.29, 0.717) is 29.4 Å². The van der Waals surface area contributed by atoms with Crippen molar-refractivity contribution in [3.63, 3.8) is 0 Å². The van der Waals surface area contributed by atoms with Gasteiger partial charge in [0.2, 0.25) is 0 Å². The van der Waals surface area contributed by atoms with Gasteiger partial charge in [0.1, 0.15) is 5.65 Å².